The van der Waals surface area contributed by atoms with Crippen LogP contribution in [-0.2, 0) is 0 Å². The Morgan fingerprint density at radius 3 is 1.49 bits per heavy atom. The van der Waals surface area contributed by atoms with Gasteiger partial charge in [0.15, 0.2) is 5.82 Å². The van der Waals surface area contributed by atoms with E-state index in [9.17, 15) is 0 Å². The van der Waals surface area contributed by atoms with Crippen LogP contribution in [-0.4, -0.2) is 14.5 Å². The highest BCUT2D eigenvalue weighted by Crippen LogP contribution is 2.41. The first-order valence-corrected chi connectivity index (χ1v) is 20.1. The zero-order valence-corrected chi connectivity index (χ0v) is 32.2. The van der Waals surface area contributed by atoms with Crippen LogP contribution >= 0.6 is 0 Å². The van der Waals surface area contributed by atoms with Crippen molar-refractivity contribution in [3.8, 4) is 73.0 Å². The van der Waals surface area contributed by atoms with Crippen molar-refractivity contribution in [1.82, 2.24) is 14.5 Å². The van der Waals surface area contributed by atoms with E-state index in [4.69, 9.17) is 9.97 Å². The normalized spacial score (nSPS) is 11.4. The number of hydrogen-bond donors (Lipinski definition) is 0. The van der Waals surface area contributed by atoms with Crippen molar-refractivity contribution in [3.05, 3.63) is 224 Å². The molecule has 0 atom stereocenters. The van der Waals surface area contributed by atoms with Gasteiger partial charge in [0.2, 0.25) is 0 Å². The molecule has 0 fully saturated rings. The molecule has 0 aliphatic carbocycles. The predicted molar refractivity (Wildman–Crippen MR) is 246 cm³/mol. The Morgan fingerprint density at radius 1 is 0.288 bits per heavy atom. The number of para-hydroxylation sites is 2. The molecule has 3 heteroatoms. The average molecular weight is 752 g/mol. The van der Waals surface area contributed by atoms with Crippen LogP contribution in [0.25, 0.3) is 106 Å². The highest BCUT2D eigenvalue weighted by atomic mass is 15.0. The second-order valence-electron chi connectivity index (χ2n) is 14.9. The van der Waals surface area contributed by atoms with Gasteiger partial charge in [-0.1, -0.05) is 194 Å². The number of fused-ring (bicyclic) bond motifs is 4. The first-order chi connectivity index (χ1) is 29.3. The first kappa shape index (κ1) is 34.4. The van der Waals surface area contributed by atoms with Gasteiger partial charge < -0.3 is 4.57 Å². The van der Waals surface area contributed by atoms with Crippen LogP contribution in [0.2, 0.25) is 0 Å². The van der Waals surface area contributed by atoms with Crippen LogP contribution in [0.5, 0.6) is 0 Å². The maximum absolute atomic E-state index is 5.22. The highest BCUT2D eigenvalue weighted by Gasteiger charge is 2.18. The van der Waals surface area contributed by atoms with E-state index in [0.717, 1.165) is 39.2 Å². The summed E-state index contributed by atoms with van der Waals surface area (Å²) in [6.07, 6.45) is 0. The number of benzene rings is 9. The Morgan fingerprint density at radius 2 is 0.780 bits per heavy atom. The summed E-state index contributed by atoms with van der Waals surface area (Å²) in [5.74, 6) is 0.705. The molecule has 0 saturated carbocycles. The number of hydrogen-bond acceptors (Lipinski definition) is 2. The van der Waals surface area contributed by atoms with Gasteiger partial charge in [-0.2, -0.15) is 0 Å². The lowest BCUT2D eigenvalue weighted by Gasteiger charge is -2.14. The molecule has 9 aromatic carbocycles. The van der Waals surface area contributed by atoms with Crippen LogP contribution in [0.15, 0.2) is 224 Å². The van der Waals surface area contributed by atoms with Gasteiger partial charge in [-0.25, -0.2) is 9.97 Å². The molecule has 0 unspecified atom stereocenters. The van der Waals surface area contributed by atoms with Crippen LogP contribution in [0, 0.1) is 0 Å². The summed E-state index contributed by atoms with van der Waals surface area (Å²) < 4.78 is 2.38. The molecule has 0 radical (unpaired) electrons. The van der Waals surface area contributed by atoms with Gasteiger partial charge in [-0.15, -0.1) is 0 Å². The topological polar surface area (TPSA) is 30.7 Å². The van der Waals surface area contributed by atoms with Gasteiger partial charge in [-0.05, 0) is 74.5 Å². The van der Waals surface area contributed by atoms with E-state index in [1.807, 2.05) is 24.3 Å². The number of nitrogens with zero attached hydrogens (tertiary/aromatic N) is 3. The highest BCUT2D eigenvalue weighted by molar-refractivity contribution is 6.16. The third kappa shape index (κ3) is 6.17. The van der Waals surface area contributed by atoms with E-state index in [1.165, 1.54) is 60.6 Å². The molecule has 276 valence electrons. The van der Waals surface area contributed by atoms with Crippen molar-refractivity contribution in [2.75, 3.05) is 0 Å². The van der Waals surface area contributed by atoms with E-state index < -0.39 is 0 Å². The van der Waals surface area contributed by atoms with Gasteiger partial charge in [-0.3, -0.25) is 0 Å². The largest absolute Gasteiger partial charge is 0.309 e. The van der Waals surface area contributed by atoms with Crippen molar-refractivity contribution in [1.29, 1.82) is 0 Å². The van der Waals surface area contributed by atoms with E-state index in [-0.39, 0.29) is 0 Å². The van der Waals surface area contributed by atoms with Crippen molar-refractivity contribution in [2.24, 2.45) is 0 Å². The Balaban J connectivity index is 0.999. The first-order valence-electron chi connectivity index (χ1n) is 20.1. The molecular weight excluding hydrogens is 715 g/mol. The van der Waals surface area contributed by atoms with Crippen LogP contribution in [0.1, 0.15) is 0 Å². The maximum Gasteiger partial charge on any atom is 0.160 e. The van der Waals surface area contributed by atoms with Gasteiger partial charge in [0, 0.05) is 33.2 Å². The van der Waals surface area contributed by atoms with E-state index >= 15 is 0 Å². The molecule has 2 heterocycles. The molecule has 0 aliphatic rings. The number of aromatic nitrogens is 3. The van der Waals surface area contributed by atoms with Gasteiger partial charge in [0.05, 0.1) is 22.4 Å². The minimum atomic E-state index is 0.705. The fourth-order valence-corrected chi connectivity index (χ4v) is 8.63. The van der Waals surface area contributed by atoms with Gasteiger partial charge in [0.25, 0.3) is 0 Å². The molecule has 0 bridgehead atoms. The van der Waals surface area contributed by atoms with Crippen LogP contribution in [0.4, 0.5) is 0 Å². The van der Waals surface area contributed by atoms with Gasteiger partial charge >= 0.3 is 0 Å². The lowest BCUT2D eigenvalue weighted by Crippen LogP contribution is -1.97. The molecule has 0 N–H and O–H groups in total. The summed E-state index contributed by atoms with van der Waals surface area (Å²) in [5.41, 5.74) is 15.6. The summed E-state index contributed by atoms with van der Waals surface area (Å²) >= 11 is 0. The molecular formula is C56H37N3. The molecule has 0 amide bonds. The van der Waals surface area contributed by atoms with E-state index in [1.54, 1.807) is 0 Å². The summed E-state index contributed by atoms with van der Waals surface area (Å²) in [6.45, 7) is 0. The second kappa shape index (κ2) is 14.6. The van der Waals surface area contributed by atoms with Crippen molar-refractivity contribution >= 4 is 32.6 Å². The average Bonchev–Trinajstić information content (AvgIpc) is 3.67. The third-order valence-electron chi connectivity index (χ3n) is 11.5. The number of rotatable bonds is 7. The summed E-state index contributed by atoms with van der Waals surface area (Å²) in [4.78, 5) is 10.3. The fourth-order valence-electron chi connectivity index (χ4n) is 8.63. The van der Waals surface area contributed by atoms with E-state index in [0.29, 0.717) is 5.82 Å². The van der Waals surface area contributed by atoms with Crippen molar-refractivity contribution in [2.45, 2.75) is 0 Å². The summed E-state index contributed by atoms with van der Waals surface area (Å²) in [7, 11) is 0. The third-order valence-corrected chi connectivity index (χ3v) is 11.5. The SMILES string of the molecule is c1ccc(-c2ccc(-c3cc(-c4ccc(-c5ccc(-c6cccc7c6c6ccccc6n7-c6ccccc6)cc5)c5ccccc45)nc(-c4ccccc4)n3)cc2)cc1. The van der Waals surface area contributed by atoms with Crippen molar-refractivity contribution < 1.29 is 0 Å². The van der Waals surface area contributed by atoms with Gasteiger partial charge in [0.1, 0.15) is 0 Å². The molecule has 0 saturated heterocycles. The Labute approximate surface area is 343 Å². The molecule has 0 spiro atoms. The minimum Gasteiger partial charge on any atom is -0.309 e. The zero-order valence-electron chi connectivity index (χ0n) is 32.2. The monoisotopic (exact) mass is 751 g/mol. The Bertz CT molecular complexity index is 3280. The van der Waals surface area contributed by atoms with Crippen LogP contribution in [0.3, 0.4) is 0 Å². The Hall–Kier alpha value is -7.88. The summed E-state index contributed by atoms with van der Waals surface area (Å²) in [5, 5.41) is 4.84. The van der Waals surface area contributed by atoms with Crippen molar-refractivity contribution in [3.63, 3.8) is 0 Å². The zero-order chi connectivity index (χ0) is 39.1. The molecule has 11 rings (SSSR count). The second-order valence-corrected chi connectivity index (χ2v) is 14.9. The molecule has 59 heavy (non-hydrogen) atoms. The molecule has 11 aromatic rings. The fraction of sp³-hybridized carbons (Fsp3) is 0. The minimum absolute atomic E-state index is 0.705. The summed E-state index contributed by atoms with van der Waals surface area (Å²) in [6, 6.07) is 79.8. The maximum atomic E-state index is 5.22. The lowest BCUT2D eigenvalue weighted by atomic mass is 9.92. The molecule has 3 nitrogen and oxygen atoms in total. The molecule has 2 aromatic heterocycles. The molecule has 0 aliphatic heterocycles. The van der Waals surface area contributed by atoms with Crippen LogP contribution < -0.4 is 0 Å². The predicted octanol–water partition coefficient (Wildman–Crippen LogP) is 14.7. The smallest absolute Gasteiger partial charge is 0.160 e. The standard InChI is InChI=1S/C56H37N3/c1-4-15-38(16-5-1)39-27-33-42(34-28-39)51-37-52(58-56(57-51)43-17-6-2-7-18-43)49-36-35-45(47-21-10-11-22-48(47)49)40-29-31-41(32-30-40)46-24-14-26-54-55(46)50-23-12-13-25-53(50)59(54)44-19-8-3-9-20-44/h1-37H. The quantitative estimate of drug-likeness (QED) is 0.162. The lowest BCUT2D eigenvalue weighted by molar-refractivity contribution is 1.18. The van der Waals surface area contributed by atoms with E-state index in [2.05, 4.69) is 205 Å². The Kier molecular flexibility index (Phi) is 8.49.